The molecule has 1 aromatic carbocycles. The smallest absolute Gasteiger partial charge is 0.0911 e. The Balaban J connectivity index is 1.95. The molecule has 1 N–H and O–H groups in total. The van der Waals surface area contributed by atoms with Gasteiger partial charge in [-0.1, -0.05) is 56.2 Å². The van der Waals surface area contributed by atoms with Crippen LogP contribution in [0.2, 0.25) is 0 Å². The van der Waals surface area contributed by atoms with Crippen LogP contribution in [0, 0.1) is 11.8 Å². The van der Waals surface area contributed by atoms with E-state index in [0.717, 1.165) is 30.4 Å². The number of rotatable bonds is 5. The van der Waals surface area contributed by atoms with Crippen molar-refractivity contribution < 1.29 is 5.11 Å². The first-order valence-electron chi connectivity index (χ1n) is 7.07. The van der Waals surface area contributed by atoms with Crippen LogP contribution in [0.1, 0.15) is 63.0 Å². The van der Waals surface area contributed by atoms with E-state index in [1.165, 1.54) is 25.7 Å². The van der Waals surface area contributed by atoms with Gasteiger partial charge >= 0.3 is 0 Å². The van der Waals surface area contributed by atoms with Gasteiger partial charge in [0.1, 0.15) is 0 Å². The Labute approximate surface area is 110 Å². The summed E-state index contributed by atoms with van der Waals surface area (Å²) in [4.78, 5) is 0. The predicted molar refractivity (Wildman–Crippen MR) is 75.2 cm³/mol. The highest BCUT2D eigenvalue weighted by atomic mass is 16.3. The van der Waals surface area contributed by atoms with Crippen molar-refractivity contribution in [2.45, 2.75) is 57.5 Å². The van der Waals surface area contributed by atoms with Gasteiger partial charge in [0.05, 0.1) is 5.60 Å². The monoisotopic (exact) mass is 242 g/mol. The molecule has 0 aliphatic heterocycles. The zero-order valence-corrected chi connectivity index (χ0v) is 11.2. The highest BCUT2D eigenvalue weighted by Crippen LogP contribution is 2.46. The van der Waals surface area contributed by atoms with E-state index in [9.17, 15) is 5.11 Å². The summed E-state index contributed by atoms with van der Waals surface area (Å²) in [5, 5.41) is 10.2. The molecule has 1 aromatic rings. The molecule has 0 atom stereocenters. The second-order valence-corrected chi connectivity index (χ2v) is 5.19. The van der Waals surface area contributed by atoms with Crippen LogP contribution in [0.15, 0.2) is 24.3 Å². The summed E-state index contributed by atoms with van der Waals surface area (Å²) >= 11 is 0. The Morgan fingerprint density at radius 3 is 2.67 bits per heavy atom. The van der Waals surface area contributed by atoms with Gasteiger partial charge in [-0.15, -0.1) is 0 Å². The fraction of sp³-hybridized carbons (Fsp3) is 0.529. The minimum Gasteiger partial charge on any atom is -0.385 e. The van der Waals surface area contributed by atoms with Crippen molar-refractivity contribution >= 4 is 0 Å². The van der Waals surface area contributed by atoms with Crippen LogP contribution < -0.4 is 0 Å². The zero-order chi connectivity index (χ0) is 12.8. The van der Waals surface area contributed by atoms with Crippen molar-refractivity contribution in [1.82, 2.24) is 0 Å². The fourth-order valence-corrected chi connectivity index (χ4v) is 2.18. The number of hydrogen-bond acceptors (Lipinski definition) is 1. The second-order valence-electron chi connectivity index (χ2n) is 5.19. The normalized spacial score (nSPS) is 15.9. The van der Waals surface area contributed by atoms with E-state index in [0.29, 0.717) is 0 Å². The van der Waals surface area contributed by atoms with Crippen LogP contribution in [-0.2, 0) is 5.60 Å². The van der Waals surface area contributed by atoms with Crippen molar-refractivity contribution in [3.8, 4) is 11.8 Å². The first kappa shape index (κ1) is 13.2. The summed E-state index contributed by atoms with van der Waals surface area (Å²) < 4.78 is 0. The summed E-state index contributed by atoms with van der Waals surface area (Å²) in [5.74, 6) is 6.47. The van der Waals surface area contributed by atoms with Gasteiger partial charge in [-0.2, -0.15) is 0 Å². The molecule has 0 bridgehead atoms. The molecule has 0 unspecified atom stereocenters. The van der Waals surface area contributed by atoms with E-state index in [1.54, 1.807) is 0 Å². The predicted octanol–water partition coefficient (Wildman–Crippen LogP) is 3.99. The van der Waals surface area contributed by atoms with Gasteiger partial charge in [-0.3, -0.25) is 0 Å². The number of hydrogen-bond donors (Lipinski definition) is 1. The van der Waals surface area contributed by atoms with E-state index in [2.05, 4.69) is 18.8 Å². The minimum absolute atomic E-state index is 0.576. The third-order valence-electron chi connectivity index (χ3n) is 3.53. The Kier molecular flexibility index (Phi) is 4.44. The van der Waals surface area contributed by atoms with Gasteiger partial charge in [0, 0.05) is 12.0 Å². The molecule has 96 valence electrons. The molecule has 0 radical (unpaired) electrons. The molecule has 1 nitrogen and oxygen atoms in total. The van der Waals surface area contributed by atoms with Gasteiger partial charge in [-0.05, 0) is 30.9 Å². The molecule has 1 aliphatic carbocycles. The molecule has 0 saturated heterocycles. The lowest BCUT2D eigenvalue weighted by atomic mass is 10.0. The fourth-order valence-electron chi connectivity index (χ4n) is 2.18. The molecule has 1 fully saturated rings. The highest BCUT2D eigenvalue weighted by Gasteiger charge is 2.43. The van der Waals surface area contributed by atoms with Gasteiger partial charge in [-0.25, -0.2) is 0 Å². The number of aliphatic hydroxyl groups is 1. The van der Waals surface area contributed by atoms with Gasteiger partial charge < -0.3 is 5.11 Å². The highest BCUT2D eigenvalue weighted by molar-refractivity contribution is 5.46. The molecule has 2 rings (SSSR count). The van der Waals surface area contributed by atoms with Crippen molar-refractivity contribution in [2.75, 3.05) is 0 Å². The van der Waals surface area contributed by atoms with Gasteiger partial charge in [0.2, 0.25) is 0 Å². The first-order chi connectivity index (χ1) is 8.76. The molecule has 0 aromatic heterocycles. The molecule has 18 heavy (non-hydrogen) atoms. The van der Waals surface area contributed by atoms with Crippen LogP contribution in [0.3, 0.4) is 0 Å². The summed E-state index contributed by atoms with van der Waals surface area (Å²) in [5.41, 5.74) is 1.45. The Hall–Kier alpha value is -1.26. The van der Waals surface area contributed by atoms with Crippen LogP contribution in [0.5, 0.6) is 0 Å². The molecule has 1 heteroatoms. The molecule has 1 aliphatic rings. The largest absolute Gasteiger partial charge is 0.385 e. The van der Waals surface area contributed by atoms with Crippen LogP contribution in [-0.4, -0.2) is 5.11 Å². The Morgan fingerprint density at radius 2 is 1.94 bits per heavy atom. The van der Waals surface area contributed by atoms with E-state index in [4.69, 9.17) is 0 Å². The average molecular weight is 242 g/mol. The third kappa shape index (κ3) is 3.37. The topological polar surface area (TPSA) is 20.2 Å². The molecular weight excluding hydrogens is 220 g/mol. The van der Waals surface area contributed by atoms with Crippen LogP contribution in [0.25, 0.3) is 0 Å². The summed E-state index contributed by atoms with van der Waals surface area (Å²) in [6.45, 7) is 2.22. The maximum Gasteiger partial charge on any atom is 0.0911 e. The molecule has 0 spiro atoms. The number of unbranched alkanes of at least 4 members (excludes halogenated alkanes) is 4. The first-order valence-corrected chi connectivity index (χ1v) is 7.07. The summed E-state index contributed by atoms with van der Waals surface area (Å²) in [6, 6.07) is 8.01. The molecule has 1 saturated carbocycles. The Morgan fingerprint density at radius 1 is 1.17 bits per heavy atom. The van der Waals surface area contributed by atoms with E-state index >= 15 is 0 Å². The minimum atomic E-state index is -0.576. The third-order valence-corrected chi connectivity index (χ3v) is 3.53. The maximum atomic E-state index is 10.2. The molecule has 0 heterocycles. The van der Waals surface area contributed by atoms with Crippen LogP contribution >= 0.6 is 0 Å². The van der Waals surface area contributed by atoms with Crippen molar-refractivity contribution in [3.05, 3.63) is 35.4 Å². The van der Waals surface area contributed by atoms with Crippen molar-refractivity contribution in [3.63, 3.8) is 0 Å². The van der Waals surface area contributed by atoms with E-state index in [-0.39, 0.29) is 0 Å². The number of benzene rings is 1. The lowest BCUT2D eigenvalue weighted by Gasteiger charge is -2.09. The second kappa shape index (κ2) is 6.07. The SMILES string of the molecule is CCCCCCC#Cc1ccccc1C1(O)CC1. The summed E-state index contributed by atoms with van der Waals surface area (Å²) in [6.07, 6.45) is 7.75. The van der Waals surface area contributed by atoms with Crippen molar-refractivity contribution in [2.24, 2.45) is 0 Å². The average Bonchev–Trinajstić information content (AvgIpc) is 3.13. The van der Waals surface area contributed by atoms with Gasteiger partial charge in [0.15, 0.2) is 0 Å². The standard InChI is InChI=1S/C17H22O/c1-2-3-4-5-6-7-10-15-11-8-9-12-16(15)17(18)13-14-17/h8-9,11-12,18H,2-6,13-14H2,1H3. The lowest BCUT2D eigenvalue weighted by Crippen LogP contribution is -2.06. The van der Waals surface area contributed by atoms with Crippen LogP contribution in [0.4, 0.5) is 0 Å². The lowest BCUT2D eigenvalue weighted by molar-refractivity contribution is 0.151. The van der Waals surface area contributed by atoms with Gasteiger partial charge in [0.25, 0.3) is 0 Å². The quantitative estimate of drug-likeness (QED) is 0.611. The van der Waals surface area contributed by atoms with E-state index in [1.807, 2.05) is 24.3 Å². The van der Waals surface area contributed by atoms with Crippen molar-refractivity contribution in [1.29, 1.82) is 0 Å². The summed E-state index contributed by atoms with van der Waals surface area (Å²) in [7, 11) is 0. The zero-order valence-electron chi connectivity index (χ0n) is 11.2. The maximum absolute atomic E-state index is 10.2. The molecule has 0 amide bonds. The Bertz CT molecular complexity index is 446. The molecular formula is C17H22O. The van der Waals surface area contributed by atoms with E-state index < -0.39 is 5.60 Å².